The molecule has 2 aromatic rings. The summed E-state index contributed by atoms with van der Waals surface area (Å²) in [7, 11) is -3.31. The molecule has 2 rings (SSSR count). The fourth-order valence-electron chi connectivity index (χ4n) is 1.73. The quantitative estimate of drug-likeness (QED) is 0.732. The summed E-state index contributed by atoms with van der Waals surface area (Å²) in [6.45, 7) is 0.468. The van der Waals surface area contributed by atoms with Gasteiger partial charge < -0.3 is 10.3 Å². The number of aromatic nitrogens is 2. The van der Waals surface area contributed by atoms with E-state index in [0.717, 1.165) is 12.1 Å². The Bertz CT molecular complexity index is 694. The highest BCUT2D eigenvalue weighted by atomic mass is 32.2. The van der Waals surface area contributed by atoms with Gasteiger partial charge in [0.05, 0.1) is 6.26 Å². The summed E-state index contributed by atoms with van der Waals surface area (Å²) >= 11 is 0. The SMILES string of the molecule is CS(=O)(=O)Nc1ccc(C(=O)NCCc2ncc[nH]2)cc1. The largest absolute Gasteiger partial charge is 0.352 e. The van der Waals surface area contributed by atoms with Crippen molar-refractivity contribution in [1.82, 2.24) is 15.3 Å². The minimum absolute atomic E-state index is 0.215. The molecule has 112 valence electrons. The van der Waals surface area contributed by atoms with Crippen molar-refractivity contribution in [3.8, 4) is 0 Å². The second-order valence-corrected chi connectivity index (χ2v) is 6.24. The zero-order valence-electron chi connectivity index (χ0n) is 11.5. The van der Waals surface area contributed by atoms with Gasteiger partial charge in [0.1, 0.15) is 5.82 Å². The fraction of sp³-hybridized carbons (Fsp3) is 0.231. The highest BCUT2D eigenvalue weighted by Gasteiger charge is 2.06. The maximum atomic E-state index is 11.9. The second kappa shape index (κ2) is 6.40. The fourth-order valence-corrected chi connectivity index (χ4v) is 2.30. The molecular weight excluding hydrogens is 292 g/mol. The minimum atomic E-state index is -3.31. The van der Waals surface area contributed by atoms with Gasteiger partial charge in [0.25, 0.3) is 5.91 Å². The van der Waals surface area contributed by atoms with Crippen LogP contribution in [0.5, 0.6) is 0 Å². The maximum Gasteiger partial charge on any atom is 0.251 e. The number of nitrogens with one attached hydrogen (secondary N) is 3. The van der Waals surface area contributed by atoms with E-state index in [1.54, 1.807) is 36.7 Å². The van der Waals surface area contributed by atoms with Gasteiger partial charge in [-0.15, -0.1) is 0 Å². The van der Waals surface area contributed by atoms with Crippen molar-refractivity contribution in [2.75, 3.05) is 17.5 Å². The molecule has 1 amide bonds. The Hall–Kier alpha value is -2.35. The average Bonchev–Trinajstić information content (AvgIpc) is 2.91. The lowest BCUT2D eigenvalue weighted by atomic mass is 10.2. The maximum absolute atomic E-state index is 11.9. The number of H-pyrrole nitrogens is 1. The molecule has 0 unspecified atom stereocenters. The van der Waals surface area contributed by atoms with Gasteiger partial charge in [-0.2, -0.15) is 0 Å². The van der Waals surface area contributed by atoms with Gasteiger partial charge in [0.2, 0.25) is 10.0 Å². The summed E-state index contributed by atoms with van der Waals surface area (Å²) in [6, 6.07) is 6.22. The van der Waals surface area contributed by atoms with Crippen molar-refractivity contribution in [2.45, 2.75) is 6.42 Å². The number of carbonyl (C=O) groups excluding carboxylic acids is 1. The van der Waals surface area contributed by atoms with Crippen LogP contribution in [0, 0.1) is 0 Å². The molecule has 21 heavy (non-hydrogen) atoms. The van der Waals surface area contributed by atoms with Gasteiger partial charge in [0.15, 0.2) is 0 Å². The van der Waals surface area contributed by atoms with E-state index in [-0.39, 0.29) is 5.91 Å². The summed E-state index contributed by atoms with van der Waals surface area (Å²) in [5, 5.41) is 2.77. The second-order valence-electron chi connectivity index (χ2n) is 4.49. The minimum Gasteiger partial charge on any atom is -0.352 e. The molecule has 0 spiro atoms. The third-order valence-electron chi connectivity index (χ3n) is 2.65. The Balaban J connectivity index is 1.87. The van der Waals surface area contributed by atoms with Crippen LogP contribution in [-0.4, -0.2) is 37.1 Å². The Labute approximate surface area is 122 Å². The first-order chi connectivity index (χ1) is 9.94. The van der Waals surface area contributed by atoms with E-state index in [1.165, 1.54) is 0 Å². The van der Waals surface area contributed by atoms with Crippen LogP contribution in [-0.2, 0) is 16.4 Å². The number of hydrogen-bond acceptors (Lipinski definition) is 4. The number of anilines is 1. The van der Waals surface area contributed by atoms with E-state index in [4.69, 9.17) is 0 Å². The zero-order chi connectivity index (χ0) is 15.3. The normalized spacial score (nSPS) is 11.1. The molecule has 0 saturated heterocycles. The first-order valence-electron chi connectivity index (χ1n) is 6.28. The Morgan fingerprint density at radius 3 is 2.57 bits per heavy atom. The molecule has 0 aliphatic rings. The van der Waals surface area contributed by atoms with E-state index >= 15 is 0 Å². The van der Waals surface area contributed by atoms with Gasteiger partial charge >= 0.3 is 0 Å². The van der Waals surface area contributed by atoms with Crippen LogP contribution in [0.25, 0.3) is 0 Å². The molecular formula is C13H16N4O3S. The van der Waals surface area contributed by atoms with E-state index in [9.17, 15) is 13.2 Å². The molecule has 0 saturated carbocycles. The van der Waals surface area contributed by atoms with Gasteiger partial charge in [-0.25, -0.2) is 13.4 Å². The average molecular weight is 308 g/mol. The van der Waals surface area contributed by atoms with Crippen molar-refractivity contribution in [3.05, 3.63) is 48.0 Å². The third-order valence-corrected chi connectivity index (χ3v) is 3.26. The highest BCUT2D eigenvalue weighted by molar-refractivity contribution is 7.92. The van der Waals surface area contributed by atoms with E-state index < -0.39 is 10.0 Å². The van der Waals surface area contributed by atoms with Crippen LogP contribution in [0.3, 0.4) is 0 Å². The van der Waals surface area contributed by atoms with Gasteiger partial charge in [0, 0.05) is 36.6 Å². The van der Waals surface area contributed by atoms with Gasteiger partial charge in [-0.3, -0.25) is 9.52 Å². The first-order valence-corrected chi connectivity index (χ1v) is 8.17. The first kappa shape index (κ1) is 15.0. The lowest BCUT2D eigenvalue weighted by molar-refractivity contribution is 0.0954. The number of rotatable bonds is 6. The predicted molar refractivity (Wildman–Crippen MR) is 79.5 cm³/mol. The number of aromatic amines is 1. The van der Waals surface area contributed by atoms with E-state index in [1.807, 2.05) is 0 Å². The van der Waals surface area contributed by atoms with Crippen molar-refractivity contribution in [1.29, 1.82) is 0 Å². The molecule has 0 radical (unpaired) electrons. The molecule has 7 nitrogen and oxygen atoms in total. The molecule has 1 heterocycles. The zero-order valence-corrected chi connectivity index (χ0v) is 12.3. The molecule has 1 aromatic carbocycles. The molecule has 8 heteroatoms. The van der Waals surface area contributed by atoms with Crippen molar-refractivity contribution in [3.63, 3.8) is 0 Å². The molecule has 0 bridgehead atoms. The number of hydrogen-bond donors (Lipinski definition) is 3. The van der Waals surface area contributed by atoms with Gasteiger partial charge in [-0.05, 0) is 24.3 Å². The Morgan fingerprint density at radius 2 is 2.00 bits per heavy atom. The summed E-state index contributed by atoms with van der Waals surface area (Å²) in [5.74, 6) is 0.593. The third kappa shape index (κ3) is 4.92. The van der Waals surface area contributed by atoms with Crippen LogP contribution in [0.4, 0.5) is 5.69 Å². The van der Waals surface area contributed by atoms with Crippen LogP contribution >= 0.6 is 0 Å². The molecule has 1 aromatic heterocycles. The topological polar surface area (TPSA) is 104 Å². The van der Waals surface area contributed by atoms with E-state index in [0.29, 0.717) is 24.2 Å². The number of carbonyl (C=O) groups is 1. The lowest BCUT2D eigenvalue weighted by Crippen LogP contribution is -2.25. The number of benzene rings is 1. The van der Waals surface area contributed by atoms with Crippen LogP contribution < -0.4 is 10.0 Å². The highest BCUT2D eigenvalue weighted by Crippen LogP contribution is 2.10. The van der Waals surface area contributed by atoms with Gasteiger partial charge in [-0.1, -0.05) is 0 Å². The molecule has 0 aliphatic carbocycles. The van der Waals surface area contributed by atoms with Crippen molar-refractivity contribution in [2.24, 2.45) is 0 Å². The monoisotopic (exact) mass is 308 g/mol. The lowest BCUT2D eigenvalue weighted by Gasteiger charge is -2.06. The van der Waals surface area contributed by atoms with Crippen LogP contribution in [0.2, 0.25) is 0 Å². The van der Waals surface area contributed by atoms with Crippen LogP contribution in [0.1, 0.15) is 16.2 Å². The predicted octanol–water partition coefficient (Wildman–Crippen LogP) is 0.754. The number of nitrogens with zero attached hydrogens (tertiary/aromatic N) is 1. The number of amides is 1. The molecule has 0 aliphatic heterocycles. The van der Waals surface area contributed by atoms with Crippen LogP contribution in [0.15, 0.2) is 36.7 Å². The summed E-state index contributed by atoms with van der Waals surface area (Å²) in [6.07, 6.45) is 5.07. The summed E-state index contributed by atoms with van der Waals surface area (Å²) < 4.78 is 24.5. The molecule has 0 fully saturated rings. The Morgan fingerprint density at radius 1 is 1.29 bits per heavy atom. The molecule has 3 N–H and O–H groups in total. The Kier molecular flexibility index (Phi) is 4.59. The van der Waals surface area contributed by atoms with Crippen molar-refractivity contribution < 1.29 is 13.2 Å². The summed E-state index contributed by atoms with van der Waals surface area (Å²) in [4.78, 5) is 18.9. The smallest absolute Gasteiger partial charge is 0.251 e. The van der Waals surface area contributed by atoms with E-state index in [2.05, 4.69) is 20.0 Å². The summed E-state index contributed by atoms with van der Waals surface area (Å²) in [5.41, 5.74) is 0.887. The number of sulfonamides is 1. The number of imidazole rings is 1. The molecule has 0 atom stereocenters. The van der Waals surface area contributed by atoms with Crippen molar-refractivity contribution >= 4 is 21.6 Å². The standard InChI is InChI=1S/C13H16N4O3S/c1-21(19,20)17-11-4-2-10(3-5-11)13(18)16-7-6-12-14-8-9-15-12/h2-5,8-9,17H,6-7H2,1H3,(H,14,15)(H,16,18).